The molecule has 1 saturated heterocycles. The van der Waals surface area contributed by atoms with Crippen molar-refractivity contribution in [1.29, 1.82) is 0 Å². The van der Waals surface area contributed by atoms with Crippen LogP contribution in [0.25, 0.3) is 0 Å². The molecule has 1 N–H and O–H groups in total. The van der Waals surface area contributed by atoms with Crippen LogP contribution in [0.2, 0.25) is 0 Å². The average Bonchev–Trinajstić information content (AvgIpc) is 2.47. The maximum Gasteiger partial charge on any atom is 0.303 e. The Morgan fingerprint density at radius 2 is 2.00 bits per heavy atom. The number of rotatable bonds is 5. The van der Waals surface area contributed by atoms with Gasteiger partial charge in [0.05, 0.1) is 9.82 Å². The summed E-state index contributed by atoms with van der Waals surface area (Å²) in [5.74, 6) is -1.15. The van der Waals surface area contributed by atoms with Gasteiger partial charge >= 0.3 is 5.97 Å². The predicted molar refractivity (Wildman–Crippen MR) is 76.8 cm³/mol. The smallest absolute Gasteiger partial charge is 0.303 e. The topological polar surface area (TPSA) is 118 Å². The van der Waals surface area contributed by atoms with Crippen LogP contribution in [0, 0.1) is 16.0 Å². The minimum absolute atomic E-state index is 0.0194. The summed E-state index contributed by atoms with van der Waals surface area (Å²) in [7, 11) is -3.76. The molecule has 8 nitrogen and oxygen atoms in total. The zero-order valence-corrected chi connectivity index (χ0v) is 12.5. The summed E-state index contributed by atoms with van der Waals surface area (Å²) in [6, 6.07) is 4.69. The van der Waals surface area contributed by atoms with Crippen LogP contribution in [0.3, 0.4) is 0 Å². The van der Waals surface area contributed by atoms with Crippen LogP contribution in [-0.2, 0) is 14.8 Å². The van der Waals surface area contributed by atoms with Gasteiger partial charge in [-0.05, 0) is 30.9 Å². The van der Waals surface area contributed by atoms with E-state index in [9.17, 15) is 23.3 Å². The lowest BCUT2D eigenvalue weighted by atomic mass is 9.96. The molecule has 2 rings (SSSR count). The molecular weight excluding hydrogens is 312 g/mol. The third-order valence-electron chi connectivity index (χ3n) is 3.63. The third-order valence-corrected chi connectivity index (χ3v) is 5.51. The Morgan fingerprint density at radius 3 is 2.55 bits per heavy atom. The lowest BCUT2D eigenvalue weighted by molar-refractivity contribution is -0.384. The summed E-state index contributed by atoms with van der Waals surface area (Å²) < 4.78 is 26.3. The number of sulfonamides is 1. The molecular formula is C13H16N2O6S. The van der Waals surface area contributed by atoms with Gasteiger partial charge in [-0.25, -0.2) is 8.42 Å². The lowest BCUT2D eigenvalue weighted by Crippen LogP contribution is -2.40. The summed E-state index contributed by atoms with van der Waals surface area (Å²) in [5, 5.41) is 19.4. The molecule has 0 aliphatic carbocycles. The molecule has 0 amide bonds. The number of nitro benzene ring substituents is 1. The second-order valence-corrected chi connectivity index (χ2v) is 7.16. The number of hydrogen-bond donors (Lipinski definition) is 1. The number of non-ortho nitro benzene ring substituents is 1. The van der Waals surface area contributed by atoms with E-state index in [0.29, 0.717) is 19.4 Å². The fourth-order valence-corrected chi connectivity index (χ4v) is 4.10. The van der Waals surface area contributed by atoms with E-state index in [1.165, 1.54) is 16.4 Å². The summed E-state index contributed by atoms with van der Waals surface area (Å²) >= 11 is 0. The Kier molecular flexibility index (Phi) is 4.77. The average molecular weight is 328 g/mol. The second-order valence-electron chi connectivity index (χ2n) is 5.22. The number of benzene rings is 1. The SMILES string of the molecule is O=C(O)CC1CCCN(S(=O)(=O)c2ccc([N+](=O)[O-])cc2)C1. The van der Waals surface area contributed by atoms with Gasteiger partial charge in [0.1, 0.15) is 0 Å². The molecule has 0 aromatic heterocycles. The largest absolute Gasteiger partial charge is 0.481 e. The number of carbonyl (C=O) groups is 1. The van der Waals surface area contributed by atoms with Crippen LogP contribution < -0.4 is 0 Å². The number of piperidine rings is 1. The van der Waals surface area contributed by atoms with Gasteiger partial charge in [-0.15, -0.1) is 0 Å². The first-order valence-corrected chi connectivity index (χ1v) is 8.21. The van der Waals surface area contributed by atoms with Crippen LogP contribution in [-0.4, -0.2) is 41.8 Å². The minimum Gasteiger partial charge on any atom is -0.481 e. The van der Waals surface area contributed by atoms with Crippen molar-refractivity contribution in [1.82, 2.24) is 4.31 Å². The van der Waals surface area contributed by atoms with Crippen molar-refractivity contribution >= 4 is 21.7 Å². The zero-order valence-electron chi connectivity index (χ0n) is 11.7. The normalized spacial score (nSPS) is 19.7. The second kappa shape index (κ2) is 6.41. The standard InChI is InChI=1S/C13H16N2O6S/c16-13(17)8-10-2-1-7-14(9-10)22(20,21)12-5-3-11(4-6-12)15(18)19/h3-6,10H,1-2,7-9H2,(H,16,17). The van der Waals surface area contributed by atoms with Crippen molar-refractivity contribution < 1.29 is 23.2 Å². The molecule has 0 saturated carbocycles. The highest BCUT2D eigenvalue weighted by Crippen LogP contribution is 2.26. The molecule has 1 fully saturated rings. The Labute approximate surface area is 127 Å². The Morgan fingerprint density at radius 1 is 1.36 bits per heavy atom. The molecule has 22 heavy (non-hydrogen) atoms. The van der Waals surface area contributed by atoms with Gasteiger partial charge < -0.3 is 5.11 Å². The Bertz CT molecular complexity index is 670. The highest BCUT2D eigenvalue weighted by Gasteiger charge is 2.31. The molecule has 1 aromatic carbocycles. The number of nitrogens with zero attached hydrogens (tertiary/aromatic N) is 2. The van der Waals surface area contributed by atoms with Crippen molar-refractivity contribution in [3.63, 3.8) is 0 Å². The summed E-state index contributed by atoms with van der Waals surface area (Å²) in [4.78, 5) is 20.7. The highest BCUT2D eigenvalue weighted by molar-refractivity contribution is 7.89. The van der Waals surface area contributed by atoms with E-state index >= 15 is 0 Å². The molecule has 1 heterocycles. The molecule has 1 aliphatic rings. The first-order valence-electron chi connectivity index (χ1n) is 6.77. The van der Waals surface area contributed by atoms with Gasteiger partial charge in [-0.3, -0.25) is 14.9 Å². The molecule has 120 valence electrons. The molecule has 0 spiro atoms. The van der Waals surface area contributed by atoms with Crippen molar-refractivity contribution in [2.24, 2.45) is 5.92 Å². The number of carboxylic acid groups (broad SMARTS) is 1. The van der Waals surface area contributed by atoms with Gasteiger partial charge in [0.2, 0.25) is 10.0 Å². The van der Waals surface area contributed by atoms with Crippen LogP contribution in [0.15, 0.2) is 29.2 Å². The highest BCUT2D eigenvalue weighted by atomic mass is 32.2. The molecule has 0 bridgehead atoms. The van der Waals surface area contributed by atoms with E-state index in [4.69, 9.17) is 5.11 Å². The predicted octanol–water partition coefficient (Wildman–Crippen LogP) is 1.47. The van der Waals surface area contributed by atoms with Crippen LogP contribution >= 0.6 is 0 Å². The number of hydrogen-bond acceptors (Lipinski definition) is 5. The minimum atomic E-state index is -3.76. The quantitative estimate of drug-likeness (QED) is 0.646. The molecule has 0 radical (unpaired) electrons. The summed E-state index contributed by atoms with van der Waals surface area (Å²) in [6.45, 7) is 0.487. The molecule has 1 atom stereocenters. The van der Waals surface area contributed by atoms with Crippen molar-refractivity contribution in [2.75, 3.05) is 13.1 Å². The van der Waals surface area contributed by atoms with Crippen LogP contribution in [0.4, 0.5) is 5.69 Å². The number of carboxylic acids is 1. The fourth-order valence-electron chi connectivity index (χ4n) is 2.55. The summed E-state index contributed by atoms with van der Waals surface area (Å²) in [5.41, 5.74) is -0.179. The Balaban J connectivity index is 2.18. The van der Waals surface area contributed by atoms with E-state index in [2.05, 4.69) is 0 Å². The molecule has 9 heteroatoms. The van der Waals surface area contributed by atoms with Gasteiger partial charge in [0, 0.05) is 31.6 Å². The van der Waals surface area contributed by atoms with Crippen LogP contribution in [0.5, 0.6) is 0 Å². The van der Waals surface area contributed by atoms with E-state index in [0.717, 1.165) is 12.1 Å². The fraction of sp³-hybridized carbons (Fsp3) is 0.462. The lowest BCUT2D eigenvalue weighted by Gasteiger charge is -2.31. The monoisotopic (exact) mass is 328 g/mol. The van der Waals surface area contributed by atoms with Crippen molar-refractivity contribution in [3.05, 3.63) is 34.4 Å². The molecule has 1 aliphatic heterocycles. The zero-order chi connectivity index (χ0) is 16.3. The van der Waals surface area contributed by atoms with E-state index in [-0.39, 0.29) is 29.5 Å². The molecule has 1 unspecified atom stereocenters. The maximum atomic E-state index is 12.5. The van der Waals surface area contributed by atoms with Gasteiger partial charge in [-0.2, -0.15) is 4.31 Å². The van der Waals surface area contributed by atoms with Gasteiger partial charge in [-0.1, -0.05) is 0 Å². The third kappa shape index (κ3) is 3.60. The first kappa shape index (κ1) is 16.4. The van der Waals surface area contributed by atoms with Crippen molar-refractivity contribution in [3.8, 4) is 0 Å². The van der Waals surface area contributed by atoms with Gasteiger partial charge in [0.15, 0.2) is 0 Å². The number of nitro groups is 1. The van der Waals surface area contributed by atoms with E-state index in [1.54, 1.807) is 0 Å². The Hall–Kier alpha value is -2.00. The maximum absolute atomic E-state index is 12.5. The van der Waals surface area contributed by atoms with E-state index < -0.39 is 20.9 Å². The molecule has 1 aromatic rings. The van der Waals surface area contributed by atoms with Crippen LogP contribution in [0.1, 0.15) is 19.3 Å². The van der Waals surface area contributed by atoms with Crippen molar-refractivity contribution in [2.45, 2.75) is 24.2 Å². The number of aliphatic carboxylic acids is 1. The van der Waals surface area contributed by atoms with E-state index in [1.807, 2.05) is 0 Å². The first-order chi connectivity index (χ1) is 10.3. The summed E-state index contributed by atoms with van der Waals surface area (Å²) in [6.07, 6.45) is 1.22. The van der Waals surface area contributed by atoms with Gasteiger partial charge in [0.25, 0.3) is 5.69 Å².